The molecule has 0 amide bonds. The molecule has 0 fully saturated rings. The molecule has 140 valence electrons. The number of hydrogen-bond donors (Lipinski definition) is 1. The molecule has 0 heterocycles. The van der Waals surface area contributed by atoms with Crippen LogP contribution in [0.4, 0.5) is 0 Å². The van der Waals surface area contributed by atoms with Gasteiger partial charge in [0.05, 0.1) is 12.0 Å². The Hall–Kier alpha value is -2.18. The molecular weight excluding hydrogens is 350 g/mol. The van der Waals surface area contributed by atoms with E-state index in [0.717, 1.165) is 5.56 Å². The average molecular weight is 375 g/mol. The van der Waals surface area contributed by atoms with Gasteiger partial charge in [-0.2, -0.15) is 4.72 Å². The molecule has 0 radical (unpaired) electrons. The van der Waals surface area contributed by atoms with Crippen LogP contribution in [-0.2, 0) is 31.4 Å². The Kier molecular flexibility index (Phi) is 6.21. The fourth-order valence-electron chi connectivity index (χ4n) is 2.55. The number of carbonyl (C=O) groups excluding carboxylic acids is 1. The van der Waals surface area contributed by atoms with Crippen molar-refractivity contribution in [1.82, 2.24) is 4.72 Å². The molecule has 1 atom stereocenters. The topological polar surface area (TPSA) is 72.5 Å². The normalized spacial score (nSPS) is 13.2. The molecule has 6 heteroatoms. The molecule has 2 aromatic rings. The zero-order chi connectivity index (χ0) is 19.4. The molecule has 0 aromatic heterocycles. The van der Waals surface area contributed by atoms with Crippen LogP contribution in [0.15, 0.2) is 59.5 Å². The third-order valence-electron chi connectivity index (χ3n) is 4.10. The first-order chi connectivity index (χ1) is 12.1. The number of ether oxygens (including phenoxy) is 1. The molecule has 0 saturated carbocycles. The second-order valence-corrected chi connectivity index (χ2v) is 8.88. The summed E-state index contributed by atoms with van der Waals surface area (Å²) in [6, 6.07) is 14.8. The highest BCUT2D eigenvalue weighted by Gasteiger charge is 2.26. The molecule has 1 N–H and O–H groups in total. The molecule has 0 aliphatic heterocycles. The highest BCUT2D eigenvalue weighted by Crippen LogP contribution is 2.22. The average Bonchev–Trinajstić information content (AvgIpc) is 2.60. The Morgan fingerprint density at radius 3 is 2.12 bits per heavy atom. The van der Waals surface area contributed by atoms with Crippen molar-refractivity contribution in [2.24, 2.45) is 0 Å². The van der Waals surface area contributed by atoms with Gasteiger partial charge in [0.25, 0.3) is 0 Å². The lowest BCUT2D eigenvalue weighted by molar-refractivity contribution is -0.142. The van der Waals surface area contributed by atoms with Crippen molar-refractivity contribution < 1.29 is 17.9 Å². The molecule has 2 aromatic carbocycles. The largest absolute Gasteiger partial charge is 0.468 e. The number of sulfonamides is 1. The van der Waals surface area contributed by atoms with E-state index in [0.29, 0.717) is 0 Å². The number of methoxy groups -OCH3 is 1. The number of esters is 1. The number of carbonyl (C=O) groups is 1. The molecule has 0 spiro atoms. The summed E-state index contributed by atoms with van der Waals surface area (Å²) in [5.41, 5.74) is 2.04. The van der Waals surface area contributed by atoms with Crippen LogP contribution in [0.5, 0.6) is 0 Å². The van der Waals surface area contributed by atoms with E-state index in [1.165, 1.54) is 24.8 Å². The van der Waals surface area contributed by atoms with Crippen molar-refractivity contribution in [3.05, 3.63) is 65.7 Å². The van der Waals surface area contributed by atoms with Gasteiger partial charge in [-0.05, 0) is 35.1 Å². The van der Waals surface area contributed by atoms with E-state index in [9.17, 15) is 13.2 Å². The van der Waals surface area contributed by atoms with E-state index in [1.54, 1.807) is 18.2 Å². The van der Waals surface area contributed by atoms with Crippen molar-refractivity contribution in [1.29, 1.82) is 0 Å². The Bertz CT molecular complexity index is 838. The van der Waals surface area contributed by atoms with Gasteiger partial charge in [-0.3, -0.25) is 4.79 Å². The second kappa shape index (κ2) is 8.01. The first-order valence-corrected chi connectivity index (χ1v) is 9.86. The highest BCUT2D eigenvalue weighted by atomic mass is 32.2. The first kappa shape index (κ1) is 20.1. The molecule has 0 unspecified atom stereocenters. The zero-order valence-corrected chi connectivity index (χ0v) is 16.3. The summed E-state index contributed by atoms with van der Waals surface area (Å²) in [5.74, 6) is -0.621. The molecule has 2 rings (SSSR count). The standard InChI is InChI=1S/C20H25NO4S/c1-20(2,3)16-12-10-15(11-13-16)14-18(19(22)25-4)21-26(23,24)17-8-6-5-7-9-17/h5-13,18,21H,14H2,1-4H3/t18-/m0/s1. The van der Waals surface area contributed by atoms with Gasteiger partial charge in [-0.1, -0.05) is 63.2 Å². The van der Waals surface area contributed by atoms with Crippen LogP contribution in [0.1, 0.15) is 31.9 Å². The van der Waals surface area contributed by atoms with Crippen molar-refractivity contribution in [3.8, 4) is 0 Å². The molecule has 0 aliphatic rings. The monoisotopic (exact) mass is 375 g/mol. The van der Waals surface area contributed by atoms with E-state index in [-0.39, 0.29) is 16.7 Å². The van der Waals surface area contributed by atoms with E-state index in [4.69, 9.17) is 4.74 Å². The van der Waals surface area contributed by atoms with Crippen LogP contribution in [0.2, 0.25) is 0 Å². The van der Waals surface area contributed by atoms with Gasteiger partial charge in [0.2, 0.25) is 10.0 Å². The summed E-state index contributed by atoms with van der Waals surface area (Å²) in [6.07, 6.45) is 0.211. The molecule has 26 heavy (non-hydrogen) atoms. The smallest absolute Gasteiger partial charge is 0.324 e. The fraction of sp³-hybridized carbons (Fsp3) is 0.350. The number of nitrogens with one attached hydrogen (secondary N) is 1. The maximum atomic E-state index is 12.5. The summed E-state index contributed by atoms with van der Waals surface area (Å²) >= 11 is 0. The van der Waals surface area contributed by atoms with Crippen LogP contribution < -0.4 is 4.72 Å². The number of benzene rings is 2. The summed E-state index contributed by atoms with van der Waals surface area (Å²) in [6.45, 7) is 6.35. The van der Waals surface area contributed by atoms with Crippen LogP contribution >= 0.6 is 0 Å². The van der Waals surface area contributed by atoms with Gasteiger partial charge in [-0.15, -0.1) is 0 Å². The molecule has 0 aliphatic carbocycles. The van der Waals surface area contributed by atoms with Gasteiger partial charge in [0.15, 0.2) is 0 Å². The minimum absolute atomic E-state index is 0.0230. The fourth-order valence-corrected chi connectivity index (χ4v) is 3.75. The SMILES string of the molecule is COC(=O)[C@H](Cc1ccc(C(C)(C)C)cc1)NS(=O)(=O)c1ccccc1. The van der Waals surface area contributed by atoms with Crippen LogP contribution in [-0.4, -0.2) is 27.5 Å². The number of hydrogen-bond acceptors (Lipinski definition) is 4. The second-order valence-electron chi connectivity index (χ2n) is 7.16. The van der Waals surface area contributed by atoms with Gasteiger partial charge >= 0.3 is 5.97 Å². The van der Waals surface area contributed by atoms with E-state index >= 15 is 0 Å². The summed E-state index contributed by atoms with van der Waals surface area (Å²) < 4.78 is 32.3. The lowest BCUT2D eigenvalue weighted by Crippen LogP contribution is -2.42. The van der Waals surface area contributed by atoms with Crippen molar-refractivity contribution in [2.45, 2.75) is 43.5 Å². The predicted molar refractivity (Wildman–Crippen MR) is 101 cm³/mol. The number of rotatable bonds is 6. The Labute approximate surface area is 155 Å². The van der Waals surface area contributed by atoms with Crippen molar-refractivity contribution in [2.75, 3.05) is 7.11 Å². The lowest BCUT2D eigenvalue weighted by Gasteiger charge is -2.20. The summed E-state index contributed by atoms with van der Waals surface area (Å²) in [4.78, 5) is 12.2. The van der Waals surface area contributed by atoms with Crippen LogP contribution in [0.3, 0.4) is 0 Å². The highest BCUT2D eigenvalue weighted by molar-refractivity contribution is 7.89. The van der Waals surface area contributed by atoms with E-state index in [1.807, 2.05) is 24.3 Å². The predicted octanol–water partition coefficient (Wildman–Crippen LogP) is 3.05. The van der Waals surface area contributed by atoms with Gasteiger partial charge in [-0.25, -0.2) is 8.42 Å². The first-order valence-electron chi connectivity index (χ1n) is 8.38. The van der Waals surface area contributed by atoms with Crippen LogP contribution in [0.25, 0.3) is 0 Å². The van der Waals surface area contributed by atoms with E-state index < -0.39 is 22.0 Å². The molecule has 0 saturated heterocycles. The van der Waals surface area contributed by atoms with E-state index in [2.05, 4.69) is 25.5 Å². The quantitative estimate of drug-likeness (QED) is 0.788. The maximum absolute atomic E-state index is 12.5. The third kappa shape index (κ3) is 5.16. The van der Waals surface area contributed by atoms with Gasteiger partial charge in [0.1, 0.15) is 6.04 Å². The molecule has 5 nitrogen and oxygen atoms in total. The van der Waals surface area contributed by atoms with Crippen LogP contribution in [0, 0.1) is 0 Å². The van der Waals surface area contributed by atoms with Gasteiger partial charge < -0.3 is 4.74 Å². The molecule has 0 bridgehead atoms. The maximum Gasteiger partial charge on any atom is 0.324 e. The summed E-state index contributed by atoms with van der Waals surface area (Å²) in [5, 5.41) is 0. The minimum atomic E-state index is -3.82. The van der Waals surface area contributed by atoms with Crippen molar-refractivity contribution >= 4 is 16.0 Å². The third-order valence-corrected chi connectivity index (χ3v) is 5.58. The lowest BCUT2D eigenvalue weighted by atomic mass is 9.86. The Morgan fingerprint density at radius 2 is 1.62 bits per heavy atom. The Balaban J connectivity index is 2.22. The van der Waals surface area contributed by atoms with Gasteiger partial charge in [0, 0.05) is 0 Å². The summed E-state index contributed by atoms with van der Waals surface area (Å²) in [7, 11) is -2.57. The Morgan fingerprint density at radius 1 is 1.04 bits per heavy atom. The molecular formula is C20H25NO4S. The zero-order valence-electron chi connectivity index (χ0n) is 15.5. The van der Waals surface area contributed by atoms with Crippen molar-refractivity contribution in [3.63, 3.8) is 0 Å². The minimum Gasteiger partial charge on any atom is -0.468 e.